The Kier molecular flexibility index (Phi) is 9.51. The van der Waals surface area contributed by atoms with Gasteiger partial charge in [-0.1, -0.05) is 13.8 Å². The second-order valence-corrected chi connectivity index (χ2v) is 9.24. The smallest absolute Gasteiger partial charge is 0.250 e. The molecule has 0 spiro atoms. The summed E-state index contributed by atoms with van der Waals surface area (Å²) in [7, 11) is 1.44. The maximum Gasteiger partial charge on any atom is 0.250 e. The van der Waals surface area contributed by atoms with E-state index in [1.54, 1.807) is 11.3 Å². The topological polar surface area (TPSA) is 98.9 Å². The predicted octanol–water partition coefficient (Wildman–Crippen LogP) is 3.74. The van der Waals surface area contributed by atoms with Crippen molar-refractivity contribution in [3.63, 3.8) is 0 Å². The number of hydrogen-bond donors (Lipinski definition) is 2. The van der Waals surface area contributed by atoms with Crippen LogP contribution < -0.4 is 5.73 Å². The Bertz CT molecular complexity index is 689. The van der Waals surface area contributed by atoms with Gasteiger partial charge in [-0.2, -0.15) is 0 Å². The van der Waals surface area contributed by atoms with Crippen molar-refractivity contribution in [1.29, 1.82) is 0 Å². The van der Waals surface area contributed by atoms with Crippen LogP contribution in [-0.4, -0.2) is 41.7 Å². The number of carbonyl (C=O) groups excluding carboxylic acids is 2. The highest BCUT2D eigenvalue weighted by molar-refractivity contribution is 7.12. The van der Waals surface area contributed by atoms with Crippen LogP contribution in [0, 0.1) is 6.92 Å². The van der Waals surface area contributed by atoms with Crippen LogP contribution in [0.25, 0.3) is 0 Å². The van der Waals surface area contributed by atoms with Gasteiger partial charge in [0.2, 0.25) is 5.91 Å². The number of aliphatic hydroxyl groups is 1. The monoisotopic (exact) mass is 415 g/mol. The first-order chi connectivity index (χ1) is 12.6. The summed E-state index contributed by atoms with van der Waals surface area (Å²) in [6, 6.07) is 0. The molecule has 0 aromatic carbocycles. The number of thiophene rings is 1. The molecule has 2 heterocycles. The van der Waals surface area contributed by atoms with E-state index in [9.17, 15) is 9.59 Å². The molecule has 6 nitrogen and oxygen atoms in total. The highest BCUT2D eigenvalue weighted by Crippen LogP contribution is 2.45. The number of ketones is 1. The lowest BCUT2D eigenvalue weighted by molar-refractivity contribution is -0.138. The van der Waals surface area contributed by atoms with Crippen molar-refractivity contribution in [2.24, 2.45) is 5.73 Å². The molecule has 0 fully saturated rings. The van der Waals surface area contributed by atoms with Gasteiger partial charge < -0.3 is 20.3 Å². The van der Waals surface area contributed by atoms with E-state index < -0.39 is 5.60 Å². The molecule has 1 atom stereocenters. The molecule has 1 aliphatic heterocycles. The van der Waals surface area contributed by atoms with Crippen LogP contribution in [0.4, 0.5) is 0 Å². The number of rotatable bonds is 4. The number of nitrogens with two attached hydrogens (primary N) is 1. The third-order valence-electron chi connectivity index (χ3n) is 4.29. The molecule has 0 saturated carbocycles. The Labute approximate surface area is 173 Å². The number of hydrogen-bond acceptors (Lipinski definition) is 6. The number of fused-ring (bicyclic) bond motifs is 1. The van der Waals surface area contributed by atoms with Gasteiger partial charge in [-0.3, -0.25) is 9.59 Å². The summed E-state index contributed by atoms with van der Waals surface area (Å²) >= 11 is 1.63. The largest absolute Gasteiger partial charge is 0.381 e. The average Bonchev–Trinajstić information content (AvgIpc) is 2.85. The Morgan fingerprint density at radius 1 is 1.29 bits per heavy atom. The minimum Gasteiger partial charge on any atom is -0.381 e. The maximum atomic E-state index is 11.6. The molecule has 0 aliphatic carbocycles. The lowest BCUT2D eigenvalue weighted by Gasteiger charge is -2.41. The number of aryl methyl sites for hydroxylation is 1. The fourth-order valence-electron chi connectivity index (χ4n) is 3.15. The summed E-state index contributed by atoms with van der Waals surface area (Å²) < 4.78 is 10.7. The quantitative estimate of drug-likeness (QED) is 0.780. The Hall–Kier alpha value is -1.28. The Morgan fingerprint density at radius 2 is 1.79 bits per heavy atom. The van der Waals surface area contributed by atoms with Crippen LogP contribution in [0.3, 0.4) is 0 Å². The van der Waals surface area contributed by atoms with Crippen molar-refractivity contribution in [2.75, 3.05) is 13.7 Å². The van der Waals surface area contributed by atoms with Crippen LogP contribution in [0.15, 0.2) is 0 Å². The van der Waals surface area contributed by atoms with E-state index in [2.05, 4.69) is 18.6 Å². The molecule has 1 aromatic rings. The summed E-state index contributed by atoms with van der Waals surface area (Å²) in [5.41, 5.74) is 5.36. The zero-order chi connectivity index (χ0) is 22.5. The third kappa shape index (κ3) is 6.65. The van der Waals surface area contributed by atoms with Crippen LogP contribution in [0.2, 0.25) is 0 Å². The number of amides is 1. The van der Waals surface area contributed by atoms with E-state index in [0.717, 1.165) is 21.7 Å². The standard InChI is InChI=1S/C13H19NO2S.C6H12O3.C2H6/c1-7-9(11(14)15)8-6-12(2,3)16-13(4,5)10(8)17-7;1-5(7)6(2,8)4-9-3;1-2/h6H2,1-5H3,(H2,14,15);8H,4H2,1-3H3;1-2H3. The lowest BCUT2D eigenvalue weighted by atomic mass is 9.86. The number of ether oxygens (including phenoxy) is 2. The molecule has 0 saturated heterocycles. The number of Topliss-reactive ketones (excluding diaryl/α,β-unsaturated/α-hetero) is 1. The molecule has 1 aromatic heterocycles. The maximum absolute atomic E-state index is 11.6. The van der Waals surface area contributed by atoms with Gasteiger partial charge in [-0.25, -0.2) is 0 Å². The summed E-state index contributed by atoms with van der Waals surface area (Å²) in [5, 5.41) is 9.12. The normalized spacial score (nSPS) is 18.4. The first-order valence-corrected chi connectivity index (χ1v) is 10.3. The van der Waals surface area contributed by atoms with Crippen molar-refractivity contribution >= 4 is 23.0 Å². The first kappa shape index (κ1) is 26.7. The van der Waals surface area contributed by atoms with Crippen LogP contribution in [-0.2, 0) is 26.3 Å². The molecule has 0 radical (unpaired) electrons. The van der Waals surface area contributed by atoms with E-state index in [4.69, 9.17) is 15.6 Å². The lowest BCUT2D eigenvalue weighted by Crippen LogP contribution is -2.42. The number of carbonyl (C=O) groups is 2. The second-order valence-electron chi connectivity index (χ2n) is 8.02. The third-order valence-corrected chi connectivity index (χ3v) is 5.75. The summed E-state index contributed by atoms with van der Waals surface area (Å²) in [6.45, 7) is 17.0. The van der Waals surface area contributed by atoms with Crippen LogP contribution >= 0.6 is 11.3 Å². The van der Waals surface area contributed by atoms with E-state index in [1.165, 1.54) is 21.0 Å². The van der Waals surface area contributed by atoms with E-state index >= 15 is 0 Å². The number of primary amides is 1. The predicted molar refractivity (Wildman–Crippen MR) is 114 cm³/mol. The fourth-order valence-corrected chi connectivity index (χ4v) is 4.37. The van der Waals surface area contributed by atoms with Crippen molar-refractivity contribution in [3.8, 4) is 0 Å². The van der Waals surface area contributed by atoms with Crippen LogP contribution in [0.1, 0.15) is 81.1 Å². The average molecular weight is 416 g/mol. The summed E-state index contributed by atoms with van der Waals surface area (Å²) in [4.78, 5) is 24.2. The minimum atomic E-state index is -1.31. The van der Waals surface area contributed by atoms with Crippen molar-refractivity contribution < 1.29 is 24.2 Å². The Morgan fingerprint density at radius 3 is 2.14 bits per heavy atom. The van der Waals surface area contributed by atoms with Crippen LogP contribution in [0.5, 0.6) is 0 Å². The zero-order valence-corrected chi connectivity index (χ0v) is 19.8. The van der Waals surface area contributed by atoms with Gasteiger partial charge in [0, 0.05) is 23.3 Å². The molecule has 1 unspecified atom stereocenters. The molecule has 0 bridgehead atoms. The van der Waals surface area contributed by atoms with Gasteiger partial charge in [0.15, 0.2) is 5.78 Å². The second kappa shape index (κ2) is 9.96. The minimum absolute atomic E-state index is 0.0579. The molecule has 7 heteroatoms. The van der Waals surface area contributed by atoms with E-state index in [1.807, 2.05) is 34.6 Å². The molecule has 2 rings (SSSR count). The van der Waals surface area contributed by atoms with E-state index in [0.29, 0.717) is 5.56 Å². The molecular weight excluding hydrogens is 378 g/mol. The highest BCUT2D eigenvalue weighted by Gasteiger charge is 2.42. The highest BCUT2D eigenvalue weighted by atomic mass is 32.1. The van der Waals surface area contributed by atoms with Gasteiger partial charge in [-0.05, 0) is 54.0 Å². The van der Waals surface area contributed by atoms with Crippen molar-refractivity contribution in [1.82, 2.24) is 0 Å². The van der Waals surface area contributed by atoms with Gasteiger partial charge in [0.05, 0.1) is 23.4 Å². The van der Waals surface area contributed by atoms with E-state index in [-0.39, 0.29) is 29.5 Å². The van der Waals surface area contributed by atoms with Crippen molar-refractivity contribution in [3.05, 3.63) is 20.9 Å². The van der Waals surface area contributed by atoms with Crippen molar-refractivity contribution in [2.45, 2.75) is 85.5 Å². The number of methoxy groups -OCH3 is 1. The zero-order valence-electron chi connectivity index (χ0n) is 19.0. The molecular formula is C21H37NO5S. The summed E-state index contributed by atoms with van der Waals surface area (Å²) in [6.07, 6.45) is 0.744. The van der Waals surface area contributed by atoms with Gasteiger partial charge >= 0.3 is 0 Å². The molecule has 1 aliphatic rings. The molecule has 162 valence electrons. The SMILES string of the molecule is CC.COCC(C)(O)C(C)=O.Cc1sc2c(c1C(N)=O)CC(C)(C)OC2(C)C. The summed E-state index contributed by atoms with van der Waals surface area (Å²) in [5.74, 6) is -0.599. The van der Waals surface area contributed by atoms with Gasteiger partial charge in [0.1, 0.15) is 5.60 Å². The molecule has 28 heavy (non-hydrogen) atoms. The van der Waals surface area contributed by atoms with Gasteiger partial charge in [0.25, 0.3) is 0 Å². The first-order valence-electron chi connectivity index (χ1n) is 9.49. The molecule has 1 amide bonds. The van der Waals surface area contributed by atoms with Gasteiger partial charge in [-0.15, -0.1) is 11.3 Å². The molecule has 3 N–H and O–H groups in total. The fraction of sp³-hybridized carbons (Fsp3) is 0.714. The Balaban J connectivity index is 0.000000566.